The summed E-state index contributed by atoms with van der Waals surface area (Å²) in [7, 11) is 0. The van der Waals surface area contributed by atoms with Crippen molar-refractivity contribution in [3.8, 4) is 0 Å². The highest BCUT2D eigenvalue weighted by atomic mass is 16.2. The molecule has 0 bridgehead atoms. The second-order valence-electron chi connectivity index (χ2n) is 6.11. The van der Waals surface area contributed by atoms with Gasteiger partial charge in [0.2, 0.25) is 11.8 Å². The average Bonchev–Trinajstić information content (AvgIpc) is 2.54. The van der Waals surface area contributed by atoms with Crippen LogP contribution in [0.1, 0.15) is 5.56 Å². The molecule has 3 heterocycles. The number of aromatic nitrogens is 1. The number of hydrogen-bond donors (Lipinski definition) is 0. The smallest absolute Gasteiger partial charge is 0.246 e. The van der Waals surface area contributed by atoms with Crippen molar-refractivity contribution < 1.29 is 9.59 Å². The molecule has 0 radical (unpaired) electrons. The molecule has 122 valence electrons. The van der Waals surface area contributed by atoms with E-state index in [2.05, 4.69) is 22.5 Å². The Kier molecular flexibility index (Phi) is 4.71. The van der Waals surface area contributed by atoms with Gasteiger partial charge in [-0.25, -0.2) is 0 Å². The van der Waals surface area contributed by atoms with Crippen LogP contribution in [0.25, 0.3) is 0 Å². The van der Waals surface area contributed by atoms with Gasteiger partial charge < -0.3 is 9.80 Å². The van der Waals surface area contributed by atoms with Gasteiger partial charge in [-0.3, -0.25) is 19.5 Å². The fourth-order valence-electron chi connectivity index (χ4n) is 3.08. The zero-order chi connectivity index (χ0) is 16.2. The maximum absolute atomic E-state index is 12.4. The van der Waals surface area contributed by atoms with Gasteiger partial charge in [0.25, 0.3) is 0 Å². The van der Waals surface area contributed by atoms with Crippen LogP contribution >= 0.6 is 0 Å². The van der Waals surface area contributed by atoms with E-state index in [0.717, 1.165) is 32.7 Å². The monoisotopic (exact) mass is 314 g/mol. The third-order valence-corrected chi connectivity index (χ3v) is 4.53. The maximum atomic E-state index is 12.4. The number of carbonyl (C=O) groups excluding carboxylic acids is 2. The minimum Gasteiger partial charge on any atom is -0.340 e. The summed E-state index contributed by atoms with van der Waals surface area (Å²) < 4.78 is 0. The summed E-state index contributed by atoms with van der Waals surface area (Å²) in [5.41, 5.74) is 1.20. The molecule has 0 atom stereocenters. The molecule has 2 saturated heterocycles. The lowest BCUT2D eigenvalue weighted by Crippen LogP contribution is -2.58. The van der Waals surface area contributed by atoms with Gasteiger partial charge in [0.15, 0.2) is 0 Å². The topological polar surface area (TPSA) is 56.8 Å². The highest BCUT2D eigenvalue weighted by Gasteiger charge is 2.37. The SMILES string of the molecule is C=CC(=O)N1CC(C(=O)N2CCN(Cc3cccnc3)CC2)C1. The Bertz CT molecular complexity index is 576. The van der Waals surface area contributed by atoms with Crippen molar-refractivity contribution >= 4 is 11.8 Å². The Labute approximate surface area is 136 Å². The summed E-state index contributed by atoms with van der Waals surface area (Å²) in [4.78, 5) is 33.9. The van der Waals surface area contributed by atoms with E-state index in [1.165, 1.54) is 11.6 Å². The summed E-state index contributed by atoms with van der Waals surface area (Å²) in [5, 5.41) is 0. The first kappa shape index (κ1) is 15.7. The zero-order valence-electron chi connectivity index (χ0n) is 13.2. The van der Waals surface area contributed by atoms with Gasteiger partial charge in [0, 0.05) is 58.2 Å². The molecule has 0 aromatic carbocycles. The zero-order valence-corrected chi connectivity index (χ0v) is 13.2. The number of likely N-dealkylation sites (tertiary alicyclic amines) is 1. The van der Waals surface area contributed by atoms with E-state index in [4.69, 9.17) is 0 Å². The number of rotatable bonds is 4. The van der Waals surface area contributed by atoms with Gasteiger partial charge in [-0.15, -0.1) is 0 Å². The predicted octanol–water partition coefficient (Wildman–Crippen LogP) is 0.370. The highest BCUT2D eigenvalue weighted by Crippen LogP contribution is 2.19. The third kappa shape index (κ3) is 3.59. The second kappa shape index (κ2) is 6.91. The fourth-order valence-corrected chi connectivity index (χ4v) is 3.08. The molecule has 0 N–H and O–H groups in total. The van der Waals surface area contributed by atoms with E-state index in [9.17, 15) is 9.59 Å². The summed E-state index contributed by atoms with van der Waals surface area (Å²) >= 11 is 0. The molecule has 0 spiro atoms. The van der Waals surface area contributed by atoms with E-state index in [1.54, 1.807) is 11.1 Å². The Morgan fingerprint density at radius 1 is 1.22 bits per heavy atom. The maximum Gasteiger partial charge on any atom is 0.246 e. The van der Waals surface area contributed by atoms with Gasteiger partial charge in [0.05, 0.1) is 5.92 Å². The molecular weight excluding hydrogens is 292 g/mol. The molecule has 2 fully saturated rings. The molecule has 1 aromatic rings. The Balaban J connectivity index is 1.43. The average molecular weight is 314 g/mol. The van der Waals surface area contributed by atoms with Crippen molar-refractivity contribution in [3.63, 3.8) is 0 Å². The van der Waals surface area contributed by atoms with Gasteiger partial charge in [-0.2, -0.15) is 0 Å². The number of amides is 2. The first-order valence-electron chi connectivity index (χ1n) is 7.99. The first-order chi connectivity index (χ1) is 11.2. The summed E-state index contributed by atoms with van der Waals surface area (Å²) in [6.45, 7) is 8.67. The van der Waals surface area contributed by atoms with Gasteiger partial charge in [-0.1, -0.05) is 12.6 Å². The largest absolute Gasteiger partial charge is 0.340 e. The molecule has 0 unspecified atom stereocenters. The first-order valence-corrected chi connectivity index (χ1v) is 7.99. The van der Waals surface area contributed by atoms with Crippen LogP contribution in [0.3, 0.4) is 0 Å². The number of piperazine rings is 1. The van der Waals surface area contributed by atoms with Crippen molar-refractivity contribution in [2.45, 2.75) is 6.54 Å². The van der Waals surface area contributed by atoms with Gasteiger partial charge in [0.1, 0.15) is 0 Å². The summed E-state index contributed by atoms with van der Waals surface area (Å²) in [6.07, 6.45) is 4.97. The molecule has 3 rings (SSSR count). The molecule has 23 heavy (non-hydrogen) atoms. The van der Waals surface area contributed by atoms with Crippen molar-refractivity contribution in [2.75, 3.05) is 39.3 Å². The van der Waals surface area contributed by atoms with Crippen LogP contribution < -0.4 is 0 Å². The number of hydrogen-bond acceptors (Lipinski definition) is 4. The molecule has 2 aliphatic rings. The Morgan fingerprint density at radius 3 is 2.57 bits per heavy atom. The van der Waals surface area contributed by atoms with Gasteiger partial charge >= 0.3 is 0 Å². The second-order valence-corrected chi connectivity index (χ2v) is 6.11. The summed E-state index contributed by atoms with van der Waals surface area (Å²) in [5.74, 6) is 0.0539. The van der Waals surface area contributed by atoms with Gasteiger partial charge in [-0.05, 0) is 17.7 Å². The minimum absolute atomic E-state index is 0.0382. The molecule has 2 aliphatic heterocycles. The lowest BCUT2D eigenvalue weighted by Gasteiger charge is -2.42. The van der Waals surface area contributed by atoms with Crippen LogP contribution in [-0.4, -0.2) is 70.8 Å². The third-order valence-electron chi connectivity index (χ3n) is 4.53. The highest BCUT2D eigenvalue weighted by molar-refractivity contribution is 5.90. The van der Waals surface area contributed by atoms with Crippen LogP contribution in [0.2, 0.25) is 0 Å². The molecular formula is C17H22N4O2. The molecule has 6 nitrogen and oxygen atoms in total. The van der Waals surface area contributed by atoms with Crippen LogP contribution in [-0.2, 0) is 16.1 Å². The number of nitrogens with zero attached hydrogens (tertiary/aromatic N) is 4. The van der Waals surface area contributed by atoms with Crippen molar-refractivity contribution in [2.24, 2.45) is 5.92 Å². The standard InChI is InChI=1S/C17H22N4O2/c1-2-16(22)21-12-15(13-21)17(23)20-8-6-19(7-9-20)11-14-4-3-5-18-10-14/h2-5,10,15H,1,6-9,11-13H2. The minimum atomic E-state index is -0.0876. The van der Waals surface area contributed by atoms with E-state index in [1.807, 2.05) is 17.2 Å². The van der Waals surface area contributed by atoms with Crippen LogP contribution in [0.15, 0.2) is 37.2 Å². The molecule has 1 aromatic heterocycles. The van der Waals surface area contributed by atoms with Crippen LogP contribution in [0.4, 0.5) is 0 Å². The van der Waals surface area contributed by atoms with E-state index >= 15 is 0 Å². The van der Waals surface area contributed by atoms with E-state index in [0.29, 0.717) is 13.1 Å². The number of pyridine rings is 1. The molecule has 6 heteroatoms. The normalized spacial score (nSPS) is 19.3. The lowest BCUT2D eigenvalue weighted by atomic mass is 9.98. The Morgan fingerprint density at radius 2 is 1.96 bits per heavy atom. The molecule has 2 amide bonds. The molecule has 0 aliphatic carbocycles. The van der Waals surface area contributed by atoms with Crippen molar-refractivity contribution in [1.29, 1.82) is 0 Å². The lowest BCUT2D eigenvalue weighted by molar-refractivity contribution is -0.147. The van der Waals surface area contributed by atoms with Crippen molar-refractivity contribution in [3.05, 3.63) is 42.7 Å². The Hall–Kier alpha value is -2.21. The number of carbonyl (C=O) groups is 2. The van der Waals surface area contributed by atoms with E-state index in [-0.39, 0.29) is 17.7 Å². The molecule has 0 saturated carbocycles. The predicted molar refractivity (Wildman–Crippen MR) is 86.4 cm³/mol. The van der Waals surface area contributed by atoms with Crippen molar-refractivity contribution in [1.82, 2.24) is 19.7 Å². The quantitative estimate of drug-likeness (QED) is 0.754. The fraction of sp³-hybridized carbons (Fsp3) is 0.471. The van der Waals surface area contributed by atoms with E-state index < -0.39 is 0 Å². The van der Waals surface area contributed by atoms with Crippen LogP contribution in [0, 0.1) is 5.92 Å². The van der Waals surface area contributed by atoms with Crippen LogP contribution in [0.5, 0.6) is 0 Å². The summed E-state index contributed by atoms with van der Waals surface area (Å²) in [6, 6.07) is 4.02.